The third kappa shape index (κ3) is 3.93. The summed E-state index contributed by atoms with van der Waals surface area (Å²) in [6, 6.07) is 13.6. The van der Waals surface area contributed by atoms with Gasteiger partial charge in [0.15, 0.2) is 5.88 Å². The predicted molar refractivity (Wildman–Crippen MR) is 121 cm³/mol. The summed E-state index contributed by atoms with van der Waals surface area (Å²) >= 11 is 3.51. The number of oxime groups is 1. The van der Waals surface area contributed by atoms with Crippen molar-refractivity contribution < 1.29 is 9.94 Å². The first kappa shape index (κ1) is 19.7. The van der Waals surface area contributed by atoms with Crippen LogP contribution in [-0.2, 0) is 4.84 Å². The van der Waals surface area contributed by atoms with Gasteiger partial charge in [0.1, 0.15) is 18.0 Å². The number of aliphatic imine (C=N–C) groups is 1. The lowest BCUT2D eigenvalue weighted by atomic mass is 10.0. The maximum Gasteiger partial charge on any atom is 0.199 e. The molecule has 6 nitrogen and oxygen atoms in total. The molecule has 7 heteroatoms. The molecule has 4 rings (SSSR count). The Morgan fingerprint density at radius 3 is 2.86 bits per heavy atom. The summed E-state index contributed by atoms with van der Waals surface area (Å²) < 4.78 is 0.926. The van der Waals surface area contributed by atoms with Crippen LogP contribution in [0.3, 0.4) is 0 Å². The van der Waals surface area contributed by atoms with Gasteiger partial charge in [-0.25, -0.2) is 4.99 Å². The highest BCUT2D eigenvalue weighted by Gasteiger charge is 2.29. The summed E-state index contributed by atoms with van der Waals surface area (Å²) in [5.41, 5.74) is 4.42. The van der Waals surface area contributed by atoms with E-state index in [2.05, 4.69) is 44.9 Å². The van der Waals surface area contributed by atoms with Crippen LogP contribution in [0.2, 0.25) is 0 Å². The minimum absolute atomic E-state index is 0.0695. The van der Waals surface area contributed by atoms with Crippen LogP contribution in [0.1, 0.15) is 24.5 Å². The van der Waals surface area contributed by atoms with Crippen molar-refractivity contribution in [3.8, 4) is 5.88 Å². The first-order valence-electron chi connectivity index (χ1n) is 9.66. The van der Waals surface area contributed by atoms with E-state index in [1.54, 1.807) is 0 Å². The Labute approximate surface area is 178 Å². The Morgan fingerprint density at radius 2 is 2.03 bits per heavy atom. The van der Waals surface area contributed by atoms with Gasteiger partial charge in [-0.15, -0.1) is 0 Å². The highest BCUT2D eigenvalue weighted by atomic mass is 79.9. The van der Waals surface area contributed by atoms with Crippen LogP contribution in [0.4, 0.5) is 5.69 Å². The molecular formula is C22H23BrN4O2. The number of hydrogen-bond donors (Lipinski definition) is 2. The van der Waals surface area contributed by atoms with Crippen molar-refractivity contribution in [1.29, 1.82) is 0 Å². The maximum atomic E-state index is 10.6. The second-order valence-electron chi connectivity index (χ2n) is 7.09. The van der Waals surface area contributed by atoms with E-state index in [4.69, 9.17) is 9.83 Å². The second-order valence-corrected chi connectivity index (χ2v) is 8.01. The van der Waals surface area contributed by atoms with Crippen molar-refractivity contribution in [2.75, 3.05) is 26.7 Å². The largest absolute Gasteiger partial charge is 0.494 e. The minimum Gasteiger partial charge on any atom is -0.494 e. The highest BCUT2D eigenvalue weighted by Crippen LogP contribution is 2.36. The summed E-state index contributed by atoms with van der Waals surface area (Å²) in [4.78, 5) is 15.7. The minimum atomic E-state index is 0.0695. The van der Waals surface area contributed by atoms with E-state index >= 15 is 0 Å². The van der Waals surface area contributed by atoms with Gasteiger partial charge in [0.25, 0.3) is 0 Å². The van der Waals surface area contributed by atoms with Crippen molar-refractivity contribution in [3.63, 3.8) is 0 Å². The van der Waals surface area contributed by atoms with Gasteiger partial charge in [0, 0.05) is 27.5 Å². The average Bonchev–Trinajstić information content (AvgIpc) is 3.21. The Morgan fingerprint density at radius 1 is 1.21 bits per heavy atom. The molecule has 0 amide bonds. The van der Waals surface area contributed by atoms with Crippen LogP contribution in [-0.4, -0.2) is 53.2 Å². The van der Waals surface area contributed by atoms with E-state index in [-0.39, 0.29) is 5.88 Å². The molecule has 0 radical (unpaired) electrons. The number of rotatable bonds is 7. The Balaban J connectivity index is 1.70. The molecule has 150 valence electrons. The lowest BCUT2D eigenvalue weighted by molar-refractivity contribution is 0.120. The maximum absolute atomic E-state index is 10.6. The first-order valence-corrected chi connectivity index (χ1v) is 10.4. The summed E-state index contributed by atoms with van der Waals surface area (Å²) in [6.07, 6.45) is 1.10. The van der Waals surface area contributed by atoms with E-state index in [0.29, 0.717) is 23.6 Å². The van der Waals surface area contributed by atoms with Crippen molar-refractivity contribution in [2.24, 2.45) is 10.1 Å². The van der Waals surface area contributed by atoms with Gasteiger partial charge in [0.2, 0.25) is 0 Å². The first-order chi connectivity index (χ1) is 14.1. The van der Waals surface area contributed by atoms with Crippen LogP contribution >= 0.6 is 15.9 Å². The monoisotopic (exact) mass is 454 g/mol. The number of aromatic hydroxyl groups is 1. The van der Waals surface area contributed by atoms with E-state index in [9.17, 15) is 5.11 Å². The van der Waals surface area contributed by atoms with Gasteiger partial charge in [-0.1, -0.05) is 46.2 Å². The number of fused-ring (bicyclic) bond motifs is 2. The van der Waals surface area contributed by atoms with Crippen molar-refractivity contribution in [2.45, 2.75) is 13.3 Å². The number of likely N-dealkylation sites (N-methyl/N-ethyl adjacent to an activating group) is 1. The molecule has 0 spiro atoms. The normalized spacial score (nSPS) is 14.6. The highest BCUT2D eigenvalue weighted by molar-refractivity contribution is 9.10. The fourth-order valence-electron chi connectivity index (χ4n) is 3.53. The molecule has 0 bridgehead atoms. The Kier molecular flexibility index (Phi) is 5.69. The topological polar surface area (TPSA) is 73.2 Å². The van der Waals surface area contributed by atoms with Crippen LogP contribution < -0.4 is 0 Å². The molecule has 1 aliphatic heterocycles. The van der Waals surface area contributed by atoms with Crippen LogP contribution in [0, 0.1) is 0 Å². The molecule has 0 unspecified atom stereocenters. The van der Waals surface area contributed by atoms with Crippen LogP contribution in [0.5, 0.6) is 5.88 Å². The standard InChI is InChI=1S/C22H23BrN4O2/c1-3-10-27(2)11-12-29-26-20-15-6-4-5-7-17(15)24-21(20)19-16-13-14(23)8-9-18(16)25-22(19)28/h4-9,13,25,28H,3,10-12H2,1-2H3/b26-20+. The van der Waals surface area contributed by atoms with Crippen LogP contribution in [0.15, 0.2) is 57.1 Å². The average molecular weight is 455 g/mol. The lowest BCUT2D eigenvalue weighted by Crippen LogP contribution is -2.23. The Bertz CT molecular complexity index is 1100. The number of nitrogens with one attached hydrogen (secondary N) is 1. The number of halogens is 1. The summed E-state index contributed by atoms with van der Waals surface area (Å²) in [7, 11) is 2.07. The zero-order valence-electron chi connectivity index (χ0n) is 16.4. The molecule has 2 heterocycles. The molecule has 0 atom stereocenters. The number of aromatic amines is 1. The fourth-order valence-corrected chi connectivity index (χ4v) is 3.89. The molecule has 2 N–H and O–H groups in total. The lowest BCUT2D eigenvalue weighted by Gasteiger charge is -2.14. The van der Waals surface area contributed by atoms with Gasteiger partial charge in [-0.3, -0.25) is 0 Å². The molecule has 1 aromatic heterocycles. The number of aromatic nitrogens is 1. The van der Waals surface area contributed by atoms with E-state index in [0.717, 1.165) is 46.1 Å². The number of H-pyrrole nitrogens is 1. The van der Waals surface area contributed by atoms with Gasteiger partial charge >= 0.3 is 0 Å². The second kappa shape index (κ2) is 8.39. The fraction of sp³-hybridized carbons (Fsp3) is 0.273. The van der Waals surface area contributed by atoms with Gasteiger partial charge in [0.05, 0.1) is 11.3 Å². The van der Waals surface area contributed by atoms with Crippen molar-refractivity contribution in [3.05, 3.63) is 58.1 Å². The van der Waals surface area contributed by atoms with Gasteiger partial charge in [-0.2, -0.15) is 0 Å². The van der Waals surface area contributed by atoms with Gasteiger partial charge < -0.3 is 19.8 Å². The van der Waals surface area contributed by atoms with E-state index in [1.165, 1.54) is 0 Å². The van der Waals surface area contributed by atoms with Crippen molar-refractivity contribution in [1.82, 2.24) is 9.88 Å². The number of hydrogen-bond acceptors (Lipinski definition) is 5. The van der Waals surface area contributed by atoms with Crippen LogP contribution in [0.25, 0.3) is 10.9 Å². The van der Waals surface area contributed by atoms with E-state index < -0.39 is 0 Å². The predicted octanol–water partition coefficient (Wildman–Crippen LogP) is 4.83. The zero-order valence-corrected chi connectivity index (χ0v) is 18.0. The number of nitrogens with zero attached hydrogens (tertiary/aromatic N) is 3. The molecule has 0 fully saturated rings. The third-order valence-electron chi connectivity index (χ3n) is 4.92. The SMILES string of the molecule is CCCN(C)CCO/N=C1/C(c2c(O)[nH]c3ccc(Br)cc23)=Nc2ccccc21. The molecule has 29 heavy (non-hydrogen) atoms. The number of para-hydroxylation sites is 1. The van der Waals surface area contributed by atoms with E-state index in [1.807, 2.05) is 42.5 Å². The molecule has 0 aliphatic carbocycles. The smallest absolute Gasteiger partial charge is 0.199 e. The summed E-state index contributed by atoms with van der Waals surface area (Å²) in [6.45, 7) is 4.46. The zero-order chi connectivity index (χ0) is 20.4. The Hall–Kier alpha value is -2.64. The molecule has 3 aromatic rings. The third-order valence-corrected chi connectivity index (χ3v) is 5.41. The number of benzene rings is 2. The molecular weight excluding hydrogens is 432 g/mol. The summed E-state index contributed by atoms with van der Waals surface area (Å²) in [5.74, 6) is 0.0695. The molecule has 0 saturated carbocycles. The molecule has 2 aromatic carbocycles. The molecule has 1 aliphatic rings. The van der Waals surface area contributed by atoms with Gasteiger partial charge in [-0.05, 0) is 44.3 Å². The quantitative estimate of drug-likeness (QED) is 0.396. The molecule has 0 saturated heterocycles. The van der Waals surface area contributed by atoms with Crippen molar-refractivity contribution >= 4 is 43.9 Å². The summed E-state index contributed by atoms with van der Waals surface area (Å²) in [5, 5.41) is 15.9.